The first-order chi connectivity index (χ1) is 11.2. The molecule has 1 atom stereocenters. The van der Waals surface area contributed by atoms with Crippen molar-refractivity contribution >= 4 is 42.5 Å². The van der Waals surface area contributed by atoms with Crippen LogP contribution in [0.5, 0.6) is 0 Å². The van der Waals surface area contributed by atoms with Crippen LogP contribution >= 0.6 is 19.9 Å². The molecule has 0 fully saturated rings. The lowest BCUT2D eigenvalue weighted by Crippen LogP contribution is -2.13. The summed E-state index contributed by atoms with van der Waals surface area (Å²) in [5.74, 6) is -0.147. The molecule has 1 unspecified atom stereocenters. The van der Waals surface area contributed by atoms with Gasteiger partial charge in [-0.25, -0.2) is 0 Å². The summed E-state index contributed by atoms with van der Waals surface area (Å²) in [6.07, 6.45) is 0. The molecule has 1 amide bonds. The van der Waals surface area contributed by atoms with Gasteiger partial charge in [0.15, 0.2) is 0 Å². The first-order valence-electron chi connectivity index (χ1n) is 7.20. The molecule has 0 spiro atoms. The van der Waals surface area contributed by atoms with Gasteiger partial charge >= 0.3 is 0 Å². The number of nitrogens with one attached hydrogen (secondary N) is 1. The minimum Gasteiger partial charge on any atom is -0.397 e. The molecule has 3 aromatic rings. The van der Waals surface area contributed by atoms with Crippen LogP contribution in [0.25, 0.3) is 10.4 Å². The predicted molar refractivity (Wildman–Crippen MR) is 102 cm³/mol. The van der Waals surface area contributed by atoms with Crippen LogP contribution < -0.4 is 16.4 Å². The summed E-state index contributed by atoms with van der Waals surface area (Å²) < 4.78 is 0. The molecule has 23 heavy (non-hydrogen) atoms. The molecule has 0 saturated heterocycles. The van der Waals surface area contributed by atoms with Crippen molar-refractivity contribution < 1.29 is 4.79 Å². The van der Waals surface area contributed by atoms with E-state index in [2.05, 4.69) is 12.0 Å². The van der Waals surface area contributed by atoms with E-state index in [4.69, 9.17) is 5.73 Å². The first-order valence-corrected chi connectivity index (χ1v) is 9.58. The van der Waals surface area contributed by atoms with Crippen molar-refractivity contribution in [1.82, 2.24) is 0 Å². The highest BCUT2D eigenvalue weighted by Crippen LogP contribution is 2.30. The van der Waals surface area contributed by atoms with E-state index >= 15 is 0 Å². The Balaban J connectivity index is 1.83. The smallest absolute Gasteiger partial charge is 0.255 e. The Morgan fingerprint density at radius 2 is 1.91 bits per heavy atom. The van der Waals surface area contributed by atoms with Crippen molar-refractivity contribution in [3.8, 4) is 10.4 Å². The van der Waals surface area contributed by atoms with Crippen LogP contribution in [0.2, 0.25) is 0 Å². The molecule has 0 bridgehead atoms. The average Bonchev–Trinajstić information content (AvgIpc) is 3.11. The highest BCUT2D eigenvalue weighted by molar-refractivity contribution is 7.46. The molecular weight excluding hydrogens is 323 g/mol. The second-order valence-corrected chi connectivity index (χ2v) is 7.09. The lowest BCUT2D eigenvalue weighted by atomic mass is 10.1. The van der Waals surface area contributed by atoms with Gasteiger partial charge in [-0.1, -0.05) is 32.8 Å². The van der Waals surface area contributed by atoms with E-state index in [-0.39, 0.29) is 5.91 Å². The van der Waals surface area contributed by atoms with E-state index in [0.717, 1.165) is 19.0 Å². The zero-order chi connectivity index (χ0) is 16.2. The summed E-state index contributed by atoms with van der Waals surface area (Å²) >= 11 is 1.66. The Kier molecular flexibility index (Phi) is 4.75. The molecule has 3 N–H and O–H groups in total. The second kappa shape index (κ2) is 6.95. The van der Waals surface area contributed by atoms with Crippen LogP contribution in [0.3, 0.4) is 0 Å². The van der Waals surface area contributed by atoms with Crippen LogP contribution in [0.1, 0.15) is 10.4 Å². The van der Waals surface area contributed by atoms with Gasteiger partial charge in [0.05, 0.1) is 11.4 Å². The van der Waals surface area contributed by atoms with E-state index in [9.17, 15) is 4.79 Å². The summed E-state index contributed by atoms with van der Waals surface area (Å²) in [5.41, 5.74) is 8.89. The number of carbonyl (C=O) groups excluding carboxylic acids is 1. The fraction of sp³-hybridized carbons (Fsp3) is 0.0556. The Labute approximate surface area is 141 Å². The molecule has 0 radical (unpaired) electrons. The minimum absolute atomic E-state index is 0.147. The van der Waals surface area contributed by atoms with Gasteiger partial charge in [0.1, 0.15) is 0 Å². The lowest BCUT2D eigenvalue weighted by molar-refractivity contribution is 0.102. The zero-order valence-corrected chi connectivity index (χ0v) is 14.5. The maximum atomic E-state index is 12.4. The van der Waals surface area contributed by atoms with E-state index in [1.165, 1.54) is 5.30 Å². The van der Waals surface area contributed by atoms with E-state index in [1.807, 2.05) is 60.0 Å². The van der Waals surface area contributed by atoms with Gasteiger partial charge in [0.25, 0.3) is 5.91 Å². The number of amides is 1. The Morgan fingerprint density at radius 3 is 2.57 bits per heavy atom. The van der Waals surface area contributed by atoms with Crippen molar-refractivity contribution in [1.29, 1.82) is 0 Å². The van der Waals surface area contributed by atoms with Crippen molar-refractivity contribution in [3.63, 3.8) is 0 Å². The highest BCUT2D eigenvalue weighted by Gasteiger charge is 2.10. The van der Waals surface area contributed by atoms with Crippen LogP contribution in [-0.4, -0.2) is 12.6 Å². The Morgan fingerprint density at radius 1 is 1.13 bits per heavy atom. The van der Waals surface area contributed by atoms with Gasteiger partial charge in [-0.15, -0.1) is 11.3 Å². The summed E-state index contributed by atoms with van der Waals surface area (Å²) in [4.78, 5) is 13.5. The topological polar surface area (TPSA) is 55.1 Å². The largest absolute Gasteiger partial charge is 0.397 e. The van der Waals surface area contributed by atoms with Crippen molar-refractivity contribution in [3.05, 3.63) is 65.5 Å². The number of thiophene rings is 1. The third-order valence-corrected chi connectivity index (χ3v) is 5.37. The van der Waals surface area contributed by atoms with E-state index in [1.54, 1.807) is 11.3 Å². The third-order valence-electron chi connectivity index (χ3n) is 3.54. The average molecular weight is 340 g/mol. The van der Waals surface area contributed by atoms with Crippen molar-refractivity contribution in [2.24, 2.45) is 0 Å². The summed E-state index contributed by atoms with van der Waals surface area (Å²) in [6.45, 7) is 2.12. The fourth-order valence-corrected chi connectivity index (χ4v) is 3.47. The monoisotopic (exact) mass is 340 g/mol. The lowest BCUT2D eigenvalue weighted by Gasteiger charge is -2.10. The number of hydrogen-bond donors (Lipinski definition) is 2. The standard InChI is InChI=1S/C18H17N2OPS/c1-22-14-7-4-12(5-8-14)18(21)20-16-11-13(6-9-15(16)19)17-3-2-10-23-17/h2-11,22H,19H2,1H3,(H,20,21). The molecule has 116 valence electrons. The van der Waals surface area contributed by atoms with Gasteiger partial charge < -0.3 is 11.1 Å². The first kappa shape index (κ1) is 15.7. The van der Waals surface area contributed by atoms with E-state index < -0.39 is 0 Å². The molecule has 2 aromatic carbocycles. The molecule has 1 aromatic heterocycles. The molecule has 0 saturated carbocycles. The van der Waals surface area contributed by atoms with Crippen LogP contribution in [0, 0.1) is 0 Å². The summed E-state index contributed by atoms with van der Waals surface area (Å²) in [7, 11) is 0.726. The van der Waals surface area contributed by atoms with Crippen LogP contribution in [0.15, 0.2) is 60.0 Å². The minimum atomic E-state index is -0.147. The summed E-state index contributed by atoms with van der Waals surface area (Å²) in [6, 6.07) is 17.4. The number of hydrogen-bond acceptors (Lipinski definition) is 3. The molecule has 3 nitrogen and oxygen atoms in total. The fourth-order valence-electron chi connectivity index (χ4n) is 2.24. The molecule has 0 aliphatic carbocycles. The van der Waals surface area contributed by atoms with Gasteiger partial charge in [-0.05, 0) is 53.2 Å². The normalized spacial score (nSPS) is 11.0. The van der Waals surface area contributed by atoms with Gasteiger partial charge in [-0.2, -0.15) is 0 Å². The SMILES string of the molecule is CPc1ccc(C(=O)Nc2cc(-c3cccs3)ccc2N)cc1. The Hall–Kier alpha value is -2.16. The molecular formula is C18H17N2OPS. The molecule has 0 aliphatic rings. The number of carbonyl (C=O) groups is 1. The van der Waals surface area contributed by atoms with Gasteiger partial charge in [0, 0.05) is 10.4 Å². The molecule has 3 rings (SSSR count). The van der Waals surface area contributed by atoms with Crippen molar-refractivity contribution in [2.45, 2.75) is 0 Å². The number of nitrogens with two attached hydrogens (primary N) is 1. The second-order valence-electron chi connectivity index (χ2n) is 5.06. The number of nitrogen functional groups attached to an aromatic ring is 1. The molecule has 5 heteroatoms. The maximum Gasteiger partial charge on any atom is 0.255 e. The van der Waals surface area contributed by atoms with Crippen molar-refractivity contribution in [2.75, 3.05) is 17.7 Å². The quantitative estimate of drug-likeness (QED) is 0.553. The third kappa shape index (κ3) is 3.61. The van der Waals surface area contributed by atoms with Crippen LogP contribution in [-0.2, 0) is 0 Å². The van der Waals surface area contributed by atoms with E-state index in [0.29, 0.717) is 16.9 Å². The molecule has 0 aliphatic heterocycles. The molecule has 1 heterocycles. The van der Waals surface area contributed by atoms with Gasteiger partial charge in [-0.3, -0.25) is 4.79 Å². The number of benzene rings is 2. The highest BCUT2D eigenvalue weighted by atomic mass is 32.1. The van der Waals surface area contributed by atoms with Gasteiger partial charge in [0.2, 0.25) is 0 Å². The number of rotatable bonds is 4. The zero-order valence-electron chi connectivity index (χ0n) is 12.7. The summed E-state index contributed by atoms with van der Waals surface area (Å²) in [5, 5.41) is 6.17. The Bertz CT molecular complexity index is 814. The number of anilines is 2. The predicted octanol–water partition coefficient (Wildman–Crippen LogP) is 4.18. The maximum absolute atomic E-state index is 12.4. The van der Waals surface area contributed by atoms with Crippen LogP contribution in [0.4, 0.5) is 11.4 Å².